The Morgan fingerprint density at radius 1 is 1.04 bits per heavy atom. The zero-order valence-corrected chi connectivity index (χ0v) is 17.0. The number of aryl methyl sites for hydroxylation is 1. The Morgan fingerprint density at radius 3 is 2.61 bits per heavy atom. The van der Waals surface area contributed by atoms with Crippen molar-refractivity contribution in [3.8, 4) is 0 Å². The first-order valence-electron chi connectivity index (χ1n) is 10.3. The second-order valence-corrected chi connectivity index (χ2v) is 7.94. The molecule has 0 atom stereocenters. The first-order valence-corrected chi connectivity index (χ1v) is 10.3. The highest BCUT2D eigenvalue weighted by Gasteiger charge is 2.36. The van der Waals surface area contributed by atoms with Gasteiger partial charge in [0, 0.05) is 29.9 Å². The van der Waals surface area contributed by atoms with Crippen molar-refractivity contribution in [1.82, 2.24) is 4.98 Å². The molecular weight excluding hydrogens is 346 g/mol. The Kier molecular flexibility index (Phi) is 4.96. The minimum atomic E-state index is 0.130. The molecule has 0 saturated carbocycles. The molecule has 144 valence electrons. The van der Waals surface area contributed by atoms with Crippen molar-refractivity contribution in [1.29, 1.82) is 0 Å². The summed E-state index contributed by atoms with van der Waals surface area (Å²) in [6.45, 7) is 7.07. The summed E-state index contributed by atoms with van der Waals surface area (Å²) in [7, 11) is 0. The molecule has 28 heavy (non-hydrogen) atoms. The zero-order valence-electron chi connectivity index (χ0n) is 17.0. The number of ketones is 1. The highest BCUT2D eigenvalue weighted by atomic mass is 16.1. The van der Waals surface area contributed by atoms with E-state index in [0.717, 1.165) is 59.5 Å². The van der Waals surface area contributed by atoms with Crippen LogP contribution in [0.2, 0.25) is 0 Å². The number of hydrogen-bond acceptors (Lipinski definition) is 4. The first kappa shape index (κ1) is 18.7. The van der Waals surface area contributed by atoms with Crippen LogP contribution in [0.25, 0.3) is 0 Å². The van der Waals surface area contributed by atoms with Gasteiger partial charge in [-0.2, -0.15) is 0 Å². The molecule has 1 aromatic heterocycles. The number of aromatic nitrogens is 1. The Hall–Kier alpha value is -2.62. The second-order valence-electron chi connectivity index (χ2n) is 7.94. The van der Waals surface area contributed by atoms with Gasteiger partial charge in [-0.25, -0.2) is 4.99 Å². The number of Topliss-reactive ketones (excluding diaryl/α,β-unsaturated/α-hetero) is 1. The summed E-state index contributed by atoms with van der Waals surface area (Å²) < 4.78 is 0. The van der Waals surface area contributed by atoms with E-state index in [1.807, 2.05) is 18.3 Å². The SMILES string of the molecule is CCc1cnccc1C1=NCC(c2ccc3c(c2)C(=O)CC(CC)(CC)C3)=N1. The number of carbonyl (C=O) groups excluding carboxylic acids is 1. The molecule has 0 spiro atoms. The van der Waals surface area contributed by atoms with Gasteiger partial charge in [0.25, 0.3) is 0 Å². The van der Waals surface area contributed by atoms with Crippen LogP contribution in [0.4, 0.5) is 0 Å². The van der Waals surface area contributed by atoms with Gasteiger partial charge in [0.15, 0.2) is 11.6 Å². The van der Waals surface area contributed by atoms with Crippen molar-refractivity contribution in [2.75, 3.05) is 6.54 Å². The molecule has 1 aliphatic heterocycles. The number of amidine groups is 1. The Bertz CT molecular complexity index is 983. The van der Waals surface area contributed by atoms with Gasteiger partial charge in [-0.1, -0.05) is 32.9 Å². The summed E-state index contributed by atoms with van der Waals surface area (Å²) in [5.41, 5.74) is 6.35. The smallest absolute Gasteiger partial charge is 0.163 e. The van der Waals surface area contributed by atoms with E-state index in [-0.39, 0.29) is 11.2 Å². The third-order valence-electron chi connectivity index (χ3n) is 6.49. The number of rotatable bonds is 5. The van der Waals surface area contributed by atoms with E-state index in [1.165, 1.54) is 5.56 Å². The van der Waals surface area contributed by atoms with Crippen LogP contribution in [0.3, 0.4) is 0 Å². The van der Waals surface area contributed by atoms with Crippen molar-refractivity contribution < 1.29 is 4.79 Å². The van der Waals surface area contributed by atoms with E-state index in [2.05, 4.69) is 42.9 Å². The topological polar surface area (TPSA) is 54.7 Å². The Balaban J connectivity index is 1.64. The molecule has 0 radical (unpaired) electrons. The summed E-state index contributed by atoms with van der Waals surface area (Å²) in [4.78, 5) is 26.5. The molecule has 0 N–H and O–H groups in total. The Labute approximate surface area is 166 Å². The lowest BCUT2D eigenvalue weighted by Crippen LogP contribution is -2.31. The molecule has 1 aromatic carbocycles. The van der Waals surface area contributed by atoms with Crippen LogP contribution in [0, 0.1) is 5.41 Å². The van der Waals surface area contributed by atoms with Crippen LogP contribution >= 0.6 is 0 Å². The molecular formula is C24H27N3O. The predicted molar refractivity (Wildman–Crippen MR) is 114 cm³/mol. The van der Waals surface area contributed by atoms with E-state index in [9.17, 15) is 4.79 Å². The average molecular weight is 374 g/mol. The van der Waals surface area contributed by atoms with Gasteiger partial charge in [0.2, 0.25) is 0 Å². The maximum absolute atomic E-state index is 12.9. The van der Waals surface area contributed by atoms with E-state index in [4.69, 9.17) is 4.99 Å². The minimum Gasteiger partial charge on any atom is -0.294 e. The van der Waals surface area contributed by atoms with Gasteiger partial charge in [-0.3, -0.25) is 14.8 Å². The predicted octanol–water partition coefficient (Wildman–Crippen LogP) is 4.83. The molecule has 2 aromatic rings. The summed E-state index contributed by atoms with van der Waals surface area (Å²) in [5.74, 6) is 1.04. The van der Waals surface area contributed by atoms with Crippen LogP contribution in [0.15, 0.2) is 46.6 Å². The summed E-state index contributed by atoms with van der Waals surface area (Å²) in [6, 6.07) is 8.26. The van der Waals surface area contributed by atoms with E-state index >= 15 is 0 Å². The summed E-state index contributed by atoms with van der Waals surface area (Å²) in [6.07, 6.45) is 8.32. The average Bonchev–Trinajstić information content (AvgIpc) is 3.23. The number of pyridine rings is 1. The second kappa shape index (κ2) is 7.42. The van der Waals surface area contributed by atoms with Gasteiger partial charge in [0.05, 0.1) is 12.3 Å². The molecule has 0 saturated heterocycles. The maximum atomic E-state index is 12.9. The van der Waals surface area contributed by atoms with Crippen molar-refractivity contribution >= 4 is 17.3 Å². The maximum Gasteiger partial charge on any atom is 0.163 e. The molecule has 4 nitrogen and oxygen atoms in total. The number of benzene rings is 1. The van der Waals surface area contributed by atoms with Crippen LogP contribution < -0.4 is 0 Å². The molecule has 0 amide bonds. The fraction of sp³-hybridized carbons (Fsp3) is 0.417. The van der Waals surface area contributed by atoms with Crippen molar-refractivity contribution in [3.63, 3.8) is 0 Å². The van der Waals surface area contributed by atoms with Gasteiger partial charge in [-0.15, -0.1) is 0 Å². The standard InChI is InChI=1S/C24H27N3O/c1-4-16-14-25-10-9-19(16)23-26-15-21(27-23)17-7-8-18-12-24(5-2,6-3)13-22(28)20(18)11-17/h7-11,14H,4-6,12-13,15H2,1-3H3. The molecule has 0 bridgehead atoms. The number of aliphatic imine (C=N–C) groups is 2. The fourth-order valence-electron chi connectivity index (χ4n) is 4.40. The quantitative estimate of drug-likeness (QED) is 0.754. The molecule has 1 aliphatic carbocycles. The molecule has 0 unspecified atom stereocenters. The number of fused-ring (bicyclic) bond motifs is 1. The largest absolute Gasteiger partial charge is 0.294 e. The molecule has 2 heterocycles. The van der Waals surface area contributed by atoms with E-state index < -0.39 is 0 Å². The summed E-state index contributed by atoms with van der Waals surface area (Å²) in [5, 5.41) is 0. The van der Waals surface area contributed by atoms with Gasteiger partial charge >= 0.3 is 0 Å². The lowest BCUT2D eigenvalue weighted by Gasteiger charge is -2.36. The molecule has 4 heteroatoms. The highest BCUT2D eigenvalue weighted by molar-refractivity contribution is 6.18. The number of carbonyl (C=O) groups is 1. The van der Waals surface area contributed by atoms with Crippen molar-refractivity contribution in [3.05, 3.63) is 64.5 Å². The van der Waals surface area contributed by atoms with E-state index in [1.54, 1.807) is 6.20 Å². The highest BCUT2D eigenvalue weighted by Crippen LogP contribution is 2.41. The van der Waals surface area contributed by atoms with Crippen LogP contribution in [-0.4, -0.2) is 28.9 Å². The third-order valence-corrected chi connectivity index (χ3v) is 6.49. The molecule has 2 aliphatic rings. The third kappa shape index (κ3) is 3.21. The lowest BCUT2D eigenvalue weighted by atomic mass is 9.67. The van der Waals surface area contributed by atoms with Crippen LogP contribution in [-0.2, 0) is 12.8 Å². The van der Waals surface area contributed by atoms with Crippen molar-refractivity contribution in [2.45, 2.75) is 52.9 Å². The summed E-state index contributed by atoms with van der Waals surface area (Å²) >= 11 is 0. The minimum absolute atomic E-state index is 0.130. The zero-order chi connectivity index (χ0) is 19.7. The molecule has 0 fully saturated rings. The van der Waals surface area contributed by atoms with Crippen LogP contribution in [0.1, 0.15) is 72.6 Å². The van der Waals surface area contributed by atoms with Gasteiger partial charge in [-0.05, 0) is 59.9 Å². The lowest BCUT2D eigenvalue weighted by molar-refractivity contribution is 0.0871. The van der Waals surface area contributed by atoms with Gasteiger partial charge < -0.3 is 0 Å². The number of nitrogens with zero attached hydrogens (tertiary/aromatic N) is 3. The molecule has 4 rings (SSSR count). The Morgan fingerprint density at radius 2 is 1.86 bits per heavy atom. The fourth-order valence-corrected chi connectivity index (χ4v) is 4.40. The van der Waals surface area contributed by atoms with Crippen LogP contribution in [0.5, 0.6) is 0 Å². The van der Waals surface area contributed by atoms with Gasteiger partial charge in [0.1, 0.15) is 0 Å². The van der Waals surface area contributed by atoms with E-state index in [0.29, 0.717) is 13.0 Å². The number of hydrogen-bond donors (Lipinski definition) is 0. The van der Waals surface area contributed by atoms with Crippen molar-refractivity contribution in [2.24, 2.45) is 15.4 Å². The monoisotopic (exact) mass is 373 g/mol. The normalized spacial score (nSPS) is 17.9. The first-order chi connectivity index (χ1) is 13.6.